The number of carbonyl (C=O) groups excluding carboxylic acids is 1. The first-order chi connectivity index (χ1) is 13.2. The fourth-order valence-corrected chi connectivity index (χ4v) is 1.53. The molecule has 8 nitrogen and oxygen atoms in total. The molecular formula is C18H26F3N7O. The van der Waals surface area contributed by atoms with Crippen molar-refractivity contribution in [2.24, 2.45) is 15.8 Å². The number of anilines is 1. The monoisotopic (exact) mass is 413 g/mol. The SMILES string of the molecule is C.C=N/C(=N\N(CN)C(=N)/C=C\C(=N)C(=O)Nc1ccccc1)C(F)(F)F.CC. The molecule has 1 rings (SSSR count). The van der Waals surface area contributed by atoms with Gasteiger partial charge in [-0.1, -0.05) is 39.5 Å². The Kier molecular flexibility index (Phi) is 13.2. The predicted octanol–water partition coefficient (Wildman–Crippen LogP) is 3.64. The highest BCUT2D eigenvalue weighted by Gasteiger charge is 2.36. The van der Waals surface area contributed by atoms with Gasteiger partial charge in [0.15, 0.2) is 0 Å². The smallest absolute Gasteiger partial charge is 0.321 e. The molecule has 0 saturated carbocycles. The van der Waals surface area contributed by atoms with Crippen LogP contribution in [-0.4, -0.2) is 47.9 Å². The minimum Gasteiger partial charge on any atom is -0.321 e. The summed E-state index contributed by atoms with van der Waals surface area (Å²) in [5.41, 5.74) is 5.22. The summed E-state index contributed by atoms with van der Waals surface area (Å²) in [6.07, 6.45) is -3.00. The first kappa shape index (κ1) is 27.9. The van der Waals surface area contributed by atoms with Crippen molar-refractivity contribution in [3.63, 3.8) is 0 Å². The van der Waals surface area contributed by atoms with Crippen molar-refractivity contribution >= 4 is 35.7 Å². The Morgan fingerprint density at radius 3 is 2.24 bits per heavy atom. The predicted molar refractivity (Wildman–Crippen MR) is 112 cm³/mol. The average Bonchev–Trinajstić information content (AvgIpc) is 2.68. The zero-order chi connectivity index (χ0) is 21.7. The highest BCUT2D eigenvalue weighted by molar-refractivity contribution is 6.46. The molecule has 1 amide bonds. The van der Waals surface area contributed by atoms with E-state index >= 15 is 0 Å². The van der Waals surface area contributed by atoms with E-state index in [2.05, 4.69) is 22.1 Å². The highest BCUT2D eigenvalue weighted by atomic mass is 19.4. The molecule has 160 valence electrons. The normalized spacial score (nSPS) is 10.9. The van der Waals surface area contributed by atoms with Gasteiger partial charge < -0.3 is 11.1 Å². The minimum absolute atomic E-state index is 0. The number of nitrogens with one attached hydrogen (secondary N) is 3. The number of carbonyl (C=O) groups is 1. The Morgan fingerprint density at radius 2 is 1.79 bits per heavy atom. The summed E-state index contributed by atoms with van der Waals surface area (Å²) in [4.78, 5) is 14.6. The fraction of sp³-hybridized carbons (Fsp3) is 0.278. The number of hydrazone groups is 1. The maximum absolute atomic E-state index is 12.6. The van der Waals surface area contributed by atoms with Crippen LogP contribution in [0.25, 0.3) is 0 Å². The first-order valence-electron chi connectivity index (χ1n) is 8.00. The van der Waals surface area contributed by atoms with E-state index in [0.29, 0.717) is 10.7 Å². The van der Waals surface area contributed by atoms with E-state index in [-0.39, 0.29) is 7.43 Å². The van der Waals surface area contributed by atoms with Crippen molar-refractivity contribution in [2.45, 2.75) is 27.5 Å². The molecule has 29 heavy (non-hydrogen) atoms. The van der Waals surface area contributed by atoms with E-state index in [1.54, 1.807) is 30.3 Å². The standard InChI is InChI=1S/C15H16F3N7O.C2H6.CH4/c1-22-14(15(16,17)18)24-25(9-19)12(21)8-7-11(20)13(26)23-10-5-3-2-4-6-10;1-2;/h2-8,20-21H,1,9,19H2,(H,23,26);1-2H3;1H4/b8-7-,20-11?,21-12?,24-14-;;. The third kappa shape index (κ3) is 9.96. The second kappa shape index (κ2) is 13.8. The lowest BCUT2D eigenvalue weighted by Gasteiger charge is -2.16. The van der Waals surface area contributed by atoms with Crippen LogP contribution in [0, 0.1) is 10.8 Å². The largest absolute Gasteiger partial charge is 0.453 e. The molecule has 0 aliphatic rings. The minimum atomic E-state index is -4.86. The lowest BCUT2D eigenvalue weighted by Crippen LogP contribution is -2.34. The van der Waals surface area contributed by atoms with Crippen LogP contribution in [0.3, 0.4) is 0 Å². The van der Waals surface area contributed by atoms with Crippen LogP contribution in [0.15, 0.2) is 52.6 Å². The molecular weight excluding hydrogens is 387 g/mol. The zero-order valence-electron chi connectivity index (χ0n) is 15.4. The van der Waals surface area contributed by atoms with Crippen molar-refractivity contribution in [2.75, 3.05) is 12.0 Å². The molecule has 0 atom stereocenters. The van der Waals surface area contributed by atoms with Gasteiger partial charge in [0.2, 0.25) is 0 Å². The second-order valence-corrected chi connectivity index (χ2v) is 4.61. The Morgan fingerprint density at radius 1 is 1.24 bits per heavy atom. The Labute approximate surface area is 168 Å². The van der Waals surface area contributed by atoms with Crippen molar-refractivity contribution in [3.8, 4) is 0 Å². The van der Waals surface area contributed by atoms with E-state index in [0.717, 1.165) is 12.2 Å². The number of hydrogen-bond acceptors (Lipinski definition) is 5. The van der Waals surface area contributed by atoms with Crippen LogP contribution in [-0.2, 0) is 4.79 Å². The average molecular weight is 413 g/mol. The summed E-state index contributed by atoms with van der Waals surface area (Å²) in [7, 11) is 0. The topological polar surface area (TPSA) is 131 Å². The van der Waals surface area contributed by atoms with Crippen LogP contribution in [0.1, 0.15) is 21.3 Å². The van der Waals surface area contributed by atoms with Crippen LogP contribution in [0.5, 0.6) is 0 Å². The summed E-state index contributed by atoms with van der Waals surface area (Å²) in [5.74, 6) is -2.90. The Hall–Kier alpha value is -3.34. The second-order valence-electron chi connectivity index (χ2n) is 4.61. The molecule has 1 aromatic rings. The molecule has 0 heterocycles. The number of amidine groups is 2. The van der Waals surface area contributed by atoms with E-state index < -0.39 is 36.1 Å². The van der Waals surface area contributed by atoms with Crippen molar-refractivity contribution in [1.82, 2.24) is 5.01 Å². The van der Waals surface area contributed by atoms with Gasteiger partial charge in [-0.2, -0.15) is 13.2 Å². The van der Waals surface area contributed by atoms with Gasteiger partial charge in [0, 0.05) is 5.69 Å². The maximum Gasteiger partial charge on any atom is 0.453 e. The molecule has 0 aliphatic heterocycles. The summed E-state index contributed by atoms with van der Waals surface area (Å²) in [6.45, 7) is 6.21. The molecule has 11 heteroatoms. The number of amides is 1. The third-order valence-corrected chi connectivity index (χ3v) is 2.75. The quantitative estimate of drug-likeness (QED) is 0.246. The van der Waals surface area contributed by atoms with E-state index in [1.807, 2.05) is 13.8 Å². The molecule has 0 unspecified atom stereocenters. The molecule has 0 radical (unpaired) electrons. The summed E-state index contributed by atoms with van der Waals surface area (Å²) in [5, 5.41) is 21.3. The third-order valence-electron chi connectivity index (χ3n) is 2.75. The molecule has 0 saturated heterocycles. The van der Waals surface area contributed by atoms with Gasteiger partial charge in [-0.15, -0.1) is 5.10 Å². The lowest BCUT2D eigenvalue weighted by atomic mass is 10.2. The van der Waals surface area contributed by atoms with Gasteiger partial charge in [-0.25, -0.2) is 10.0 Å². The van der Waals surface area contributed by atoms with Crippen LogP contribution >= 0.6 is 0 Å². The Bertz CT molecular complexity index is 744. The fourth-order valence-electron chi connectivity index (χ4n) is 1.53. The first-order valence-corrected chi connectivity index (χ1v) is 8.00. The number of para-hydroxylation sites is 1. The van der Waals surface area contributed by atoms with Gasteiger partial charge in [0.25, 0.3) is 11.7 Å². The van der Waals surface area contributed by atoms with E-state index in [9.17, 15) is 18.0 Å². The van der Waals surface area contributed by atoms with Gasteiger partial charge in [0.05, 0.1) is 6.67 Å². The van der Waals surface area contributed by atoms with Gasteiger partial charge in [0.1, 0.15) is 11.5 Å². The highest BCUT2D eigenvalue weighted by Crippen LogP contribution is 2.18. The van der Waals surface area contributed by atoms with Crippen LogP contribution in [0.4, 0.5) is 18.9 Å². The molecule has 0 aliphatic carbocycles. The summed E-state index contributed by atoms with van der Waals surface area (Å²) < 4.78 is 37.8. The number of nitrogens with zero attached hydrogens (tertiary/aromatic N) is 3. The van der Waals surface area contributed by atoms with Crippen LogP contribution in [0.2, 0.25) is 0 Å². The molecule has 5 N–H and O–H groups in total. The van der Waals surface area contributed by atoms with Crippen LogP contribution < -0.4 is 11.1 Å². The zero-order valence-corrected chi connectivity index (χ0v) is 15.4. The van der Waals surface area contributed by atoms with Gasteiger partial charge in [-0.3, -0.25) is 15.6 Å². The molecule has 0 aromatic heterocycles. The van der Waals surface area contributed by atoms with Gasteiger partial charge in [-0.05, 0) is 31.0 Å². The Balaban J connectivity index is 0. The van der Waals surface area contributed by atoms with Crippen molar-refractivity contribution in [1.29, 1.82) is 10.8 Å². The summed E-state index contributed by atoms with van der Waals surface area (Å²) in [6, 6.07) is 8.35. The number of halogens is 3. The van der Waals surface area contributed by atoms with E-state index in [1.165, 1.54) is 0 Å². The number of rotatable bonds is 6. The maximum atomic E-state index is 12.6. The molecule has 0 bridgehead atoms. The lowest BCUT2D eigenvalue weighted by molar-refractivity contribution is -0.110. The number of nitrogens with two attached hydrogens (primary N) is 1. The number of alkyl halides is 3. The molecule has 0 spiro atoms. The van der Waals surface area contributed by atoms with Crippen molar-refractivity contribution in [3.05, 3.63) is 42.5 Å². The number of aliphatic imine (C=N–C) groups is 1. The molecule has 0 fully saturated rings. The summed E-state index contributed by atoms with van der Waals surface area (Å²) >= 11 is 0. The van der Waals surface area contributed by atoms with E-state index in [4.69, 9.17) is 16.6 Å². The van der Waals surface area contributed by atoms with Gasteiger partial charge >= 0.3 is 6.18 Å². The number of hydrogen-bond donors (Lipinski definition) is 4. The number of benzene rings is 1. The van der Waals surface area contributed by atoms with Crippen molar-refractivity contribution < 1.29 is 18.0 Å². The molecule has 1 aromatic carbocycles.